The number of amides is 1. The van der Waals surface area contributed by atoms with E-state index in [9.17, 15) is 9.18 Å². The molecule has 0 bridgehead atoms. The Morgan fingerprint density at radius 1 is 1.19 bits per heavy atom. The van der Waals surface area contributed by atoms with Crippen LogP contribution >= 0.6 is 0 Å². The Balaban J connectivity index is 1.74. The molecule has 1 saturated heterocycles. The monoisotopic (exact) mass is 374 g/mol. The highest BCUT2D eigenvalue weighted by atomic mass is 19.1. The topological polar surface area (TPSA) is 69.7 Å². The van der Waals surface area contributed by atoms with E-state index in [0.717, 1.165) is 5.56 Å². The number of anilines is 1. The molecule has 1 aliphatic rings. The Bertz CT molecular complexity index is 744. The molecule has 0 atom stereocenters. The first-order chi connectivity index (χ1) is 13.1. The van der Waals surface area contributed by atoms with Gasteiger partial charge in [0.2, 0.25) is 11.8 Å². The molecular weight excluding hydrogens is 351 g/mol. The third-order valence-electron chi connectivity index (χ3n) is 4.71. The largest absolute Gasteiger partial charge is 0.475 e. The Kier molecular flexibility index (Phi) is 6.36. The van der Waals surface area contributed by atoms with Crippen molar-refractivity contribution in [1.29, 1.82) is 0 Å². The summed E-state index contributed by atoms with van der Waals surface area (Å²) in [6.45, 7) is 1.84. The van der Waals surface area contributed by atoms with Crippen LogP contribution in [-0.4, -0.2) is 44.4 Å². The van der Waals surface area contributed by atoms with Gasteiger partial charge in [-0.1, -0.05) is 12.1 Å². The second kappa shape index (κ2) is 8.92. The van der Waals surface area contributed by atoms with Gasteiger partial charge < -0.3 is 19.5 Å². The van der Waals surface area contributed by atoms with E-state index >= 15 is 0 Å². The number of ether oxygens (including phenoxy) is 3. The summed E-state index contributed by atoms with van der Waals surface area (Å²) in [5.41, 5.74) is 0.615. The van der Waals surface area contributed by atoms with Crippen molar-refractivity contribution in [2.24, 2.45) is 0 Å². The lowest BCUT2D eigenvalue weighted by atomic mass is 9.73. The third kappa shape index (κ3) is 4.61. The zero-order chi connectivity index (χ0) is 19.1. The molecule has 0 aliphatic carbocycles. The summed E-state index contributed by atoms with van der Waals surface area (Å²) < 4.78 is 29.1. The van der Waals surface area contributed by atoms with E-state index < -0.39 is 5.41 Å². The van der Waals surface area contributed by atoms with Gasteiger partial charge in [0.1, 0.15) is 12.4 Å². The first kappa shape index (κ1) is 19.3. The molecular formula is C20H23FN2O4. The maximum absolute atomic E-state index is 13.3. The van der Waals surface area contributed by atoms with Crippen LogP contribution in [0.5, 0.6) is 5.88 Å². The zero-order valence-electron chi connectivity index (χ0n) is 15.2. The molecule has 1 fully saturated rings. The molecule has 2 aromatic rings. The molecule has 1 aromatic heterocycles. The number of aromatic nitrogens is 1. The quantitative estimate of drug-likeness (QED) is 0.755. The second-order valence-corrected chi connectivity index (χ2v) is 6.38. The normalized spacial score (nSPS) is 15.9. The number of halogens is 1. The van der Waals surface area contributed by atoms with Gasteiger partial charge >= 0.3 is 0 Å². The van der Waals surface area contributed by atoms with Gasteiger partial charge in [-0.2, -0.15) is 0 Å². The van der Waals surface area contributed by atoms with Crippen molar-refractivity contribution in [3.05, 3.63) is 54.0 Å². The standard InChI is InChI=1S/C20H23FN2O4/c1-25-12-13-27-18-7-6-17(14-22-18)23-19(24)20(8-10-26-11-9-20)15-2-4-16(21)5-3-15/h2-7,14H,8-13H2,1H3,(H,23,24). The van der Waals surface area contributed by atoms with Crippen molar-refractivity contribution in [2.45, 2.75) is 18.3 Å². The van der Waals surface area contributed by atoms with E-state index in [0.29, 0.717) is 50.8 Å². The summed E-state index contributed by atoms with van der Waals surface area (Å²) in [6.07, 6.45) is 2.63. The number of hydrogen-bond acceptors (Lipinski definition) is 5. The number of methoxy groups -OCH3 is 1. The van der Waals surface area contributed by atoms with E-state index in [1.807, 2.05) is 0 Å². The van der Waals surface area contributed by atoms with Gasteiger partial charge in [0.15, 0.2) is 0 Å². The fourth-order valence-electron chi connectivity index (χ4n) is 3.16. The van der Waals surface area contributed by atoms with Crippen LogP contribution in [-0.2, 0) is 19.7 Å². The number of carbonyl (C=O) groups is 1. The minimum atomic E-state index is -0.750. The van der Waals surface area contributed by atoms with Crippen molar-refractivity contribution in [3.63, 3.8) is 0 Å². The molecule has 3 rings (SSSR count). The molecule has 1 amide bonds. The SMILES string of the molecule is COCCOc1ccc(NC(=O)C2(c3ccc(F)cc3)CCOCC2)cn1. The highest BCUT2D eigenvalue weighted by Crippen LogP contribution is 2.36. The van der Waals surface area contributed by atoms with Gasteiger partial charge in [0, 0.05) is 26.4 Å². The number of nitrogens with zero attached hydrogens (tertiary/aromatic N) is 1. The van der Waals surface area contributed by atoms with E-state index in [2.05, 4.69) is 10.3 Å². The van der Waals surface area contributed by atoms with Gasteiger partial charge in [-0.15, -0.1) is 0 Å². The van der Waals surface area contributed by atoms with Crippen LogP contribution in [0.3, 0.4) is 0 Å². The van der Waals surface area contributed by atoms with E-state index in [4.69, 9.17) is 14.2 Å². The van der Waals surface area contributed by atoms with Crippen molar-refractivity contribution >= 4 is 11.6 Å². The molecule has 0 radical (unpaired) electrons. The first-order valence-corrected chi connectivity index (χ1v) is 8.87. The molecule has 0 saturated carbocycles. The average molecular weight is 374 g/mol. The minimum Gasteiger partial charge on any atom is -0.475 e. The maximum atomic E-state index is 13.3. The Morgan fingerprint density at radius 3 is 2.56 bits per heavy atom. The third-order valence-corrected chi connectivity index (χ3v) is 4.71. The van der Waals surface area contributed by atoms with Crippen LogP contribution in [0.25, 0.3) is 0 Å². The molecule has 2 heterocycles. The number of pyridine rings is 1. The first-order valence-electron chi connectivity index (χ1n) is 8.87. The van der Waals surface area contributed by atoms with Crippen molar-refractivity contribution < 1.29 is 23.4 Å². The van der Waals surface area contributed by atoms with Crippen molar-refractivity contribution in [3.8, 4) is 5.88 Å². The smallest absolute Gasteiger partial charge is 0.235 e. The van der Waals surface area contributed by atoms with Crippen LogP contribution in [0.4, 0.5) is 10.1 Å². The number of carbonyl (C=O) groups excluding carboxylic acids is 1. The highest BCUT2D eigenvalue weighted by Gasteiger charge is 2.41. The van der Waals surface area contributed by atoms with Crippen molar-refractivity contribution in [2.75, 3.05) is 38.9 Å². The fraction of sp³-hybridized carbons (Fsp3) is 0.400. The minimum absolute atomic E-state index is 0.146. The maximum Gasteiger partial charge on any atom is 0.235 e. The predicted octanol–water partition coefficient (Wildman–Crippen LogP) is 2.93. The Labute approximate surface area is 157 Å². The van der Waals surface area contributed by atoms with Gasteiger partial charge in [0.25, 0.3) is 0 Å². The zero-order valence-corrected chi connectivity index (χ0v) is 15.2. The molecule has 7 heteroatoms. The molecule has 6 nitrogen and oxygen atoms in total. The van der Waals surface area contributed by atoms with E-state index in [1.165, 1.54) is 12.1 Å². The molecule has 1 aliphatic heterocycles. The summed E-state index contributed by atoms with van der Waals surface area (Å²) in [6, 6.07) is 9.54. The van der Waals surface area contributed by atoms with Gasteiger partial charge in [-0.05, 0) is 36.6 Å². The molecule has 1 N–H and O–H groups in total. The lowest BCUT2D eigenvalue weighted by molar-refractivity contribution is -0.125. The Morgan fingerprint density at radius 2 is 1.93 bits per heavy atom. The molecule has 0 unspecified atom stereocenters. The van der Waals surface area contributed by atoms with E-state index in [1.54, 1.807) is 37.6 Å². The fourth-order valence-corrected chi connectivity index (χ4v) is 3.16. The number of hydrogen-bond donors (Lipinski definition) is 1. The van der Waals surface area contributed by atoms with Gasteiger partial charge in [-0.3, -0.25) is 4.79 Å². The highest BCUT2D eigenvalue weighted by molar-refractivity contribution is 5.99. The summed E-state index contributed by atoms with van der Waals surface area (Å²) in [7, 11) is 1.60. The lowest BCUT2D eigenvalue weighted by Gasteiger charge is -2.36. The summed E-state index contributed by atoms with van der Waals surface area (Å²) in [5, 5.41) is 2.93. The second-order valence-electron chi connectivity index (χ2n) is 6.38. The number of rotatable bonds is 7. The lowest BCUT2D eigenvalue weighted by Crippen LogP contribution is -2.44. The van der Waals surface area contributed by atoms with Gasteiger partial charge in [-0.25, -0.2) is 9.37 Å². The number of benzene rings is 1. The summed E-state index contributed by atoms with van der Waals surface area (Å²) in [5.74, 6) is -0.00810. The molecule has 144 valence electrons. The van der Waals surface area contributed by atoms with Crippen LogP contribution in [0.15, 0.2) is 42.6 Å². The van der Waals surface area contributed by atoms with Crippen LogP contribution in [0.1, 0.15) is 18.4 Å². The average Bonchev–Trinajstić information content (AvgIpc) is 2.70. The van der Waals surface area contributed by atoms with Crippen LogP contribution in [0, 0.1) is 5.82 Å². The predicted molar refractivity (Wildman–Crippen MR) is 98.4 cm³/mol. The molecule has 27 heavy (non-hydrogen) atoms. The Hall–Kier alpha value is -2.51. The summed E-state index contributed by atoms with van der Waals surface area (Å²) in [4.78, 5) is 17.3. The number of nitrogens with one attached hydrogen (secondary N) is 1. The van der Waals surface area contributed by atoms with Gasteiger partial charge in [0.05, 0.1) is 23.9 Å². The van der Waals surface area contributed by atoms with Crippen molar-refractivity contribution in [1.82, 2.24) is 4.98 Å². The van der Waals surface area contributed by atoms with E-state index in [-0.39, 0.29) is 11.7 Å². The molecule has 0 spiro atoms. The summed E-state index contributed by atoms with van der Waals surface area (Å²) >= 11 is 0. The van der Waals surface area contributed by atoms with Crippen LogP contribution in [0.2, 0.25) is 0 Å². The molecule has 1 aromatic carbocycles. The van der Waals surface area contributed by atoms with Crippen LogP contribution < -0.4 is 10.1 Å².